The van der Waals surface area contributed by atoms with Crippen molar-refractivity contribution in [1.82, 2.24) is 10.3 Å². The topological polar surface area (TPSA) is 54.1 Å². The predicted octanol–water partition coefficient (Wildman–Crippen LogP) is 1.92. The van der Waals surface area contributed by atoms with E-state index in [1.54, 1.807) is 0 Å². The molecule has 2 heterocycles. The highest BCUT2D eigenvalue weighted by Gasteiger charge is 2.30. The number of fused-ring (bicyclic) bond motifs is 3. The Morgan fingerprint density at radius 1 is 1.44 bits per heavy atom. The molecule has 1 atom stereocenters. The van der Waals surface area contributed by atoms with Crippen molar-refractivity contribution in [1.29, 1.82) is 0 Å². The Hall–Kier alpha value is -1.81. The standard InChI is InChI=1S/C14H16N2O2/c1-2-18-14(17)13-12-9-5-3-4-6-10(9)16-11(12)7-8-15-13/h3-6,13,15-16H,2,7-8H2,1H3. The van der Waals surface area contributed by atoms with Crippen LogP contribution in [0.25, 0.3) is 10.9 Å². The number of carbonyl (C=O) groups excluding carboxylic acids is 1. The monoisotopic (exact) mass is 244 g/mol. The van der Waals surface area contributed by atoms with Crippen molar-refractivity contribution in [2.24, 2.45) is 0 Å². The molecule has 0 saturated carbocycles. The maximum absolute atomic E-state index is 12.0. The molecule has 3 rings (SSSR count). The van der Waals surface area contributed by atoms with Crippen LogP contribution in [0, 0.1) is 0 Å². The molecule has 0 radical (unpaired) electrons. The molecule has 4 heteroatoms. The maximum atomic E-state index is 12.0. The van der Waals surface area contributed by atoms with Gasteiger partial charge in [-0.1, -0.05) is 18.2 Å². The van der Waals surface area contributed by atoms with Crippen LogP contribution in [-0.4, -0.2) is 24.1 Å². The van der Waals surface area contributed by atoms with Crippen molar-refractivity contribution >= 4 is 16.9 Å². The molecule has 2 aromatic rings. The summed E-state index contributed by atoms with van der Waals surface area (Å²) >= 11 is 0. The fraction of sp³-hybridized carbons (Fsp3) is 0.357. The van der Waals surface area contributed by atoms with E-state index in [0.29, 0.717) is 6.61 Å². The van der Waals surface area contributed by atoms with Gasteiger partial charge in [0.15, 0.2) is 0 Å². The lowest BCUT2D eigenvalue weighted by atomic mass is 9.98. The third-order valence-corrected chi connectivity index (χ3v) is 3.36. The fourth-order valence-electron chi connectivity index (χ4n) is 2.62. The zero-order valence-corrected chi connectivity index (χ0v) is 10.3. The second kappa shape index (κ2) is 4.46. The Bertz CT molecular complexity index is 588. The summed E-state index contributed by atoms with van der Waals surface area (Å²) in [7, 11) is 0. The largest absolute Gasteiger partial charge is 0.465 e. The minimum absolute atomic E-state index is 0.191. The minimum Gasteiger partial charge on any atom is -0.465 e. The zero-order valence-electron chi connectivity index (χ0n) is 10.3. The first-order valence-corrected chi connectivity index (χ1v) is 6.30. The van der Waals surface area contributed by atoms with E-state index in [0.717, 1.165) is 35.1 Å². The molecule has 1 unspecified atom stereocenters. The highest BCUT2D eigenvalue weighted by Crippen LogP contribution is 2.31. The summed E-state index contributed by atoms with van der Waals surface area (Å²) in [6.45, 7) is 3.04. The van der Waals surface area contributed by atoms with Crippen LogP contribution in [-0.2, 0) is 16.0 Å². The molecule has 0 aliphatic carbocycles. The van der Waals surface area contributed by atoms with E-state index in [2.05, 4.69) is 10.3 Å². The first kappa shape index (κ1) is 11.3. The van der Waals surface area contributed by atoms with Crippen molar-refractivity contribution in [2.45, 2.75) is 19.4 Å². The van der Waals surface area contributed by atoms with Crippen LogP contribution in [0.1, 0.15) is 24.2 Å². The van der Waals surface area contributed by atoms with Crippen LogP contribution < -0.4 is 5.32 Å². The fourth-order valence-corrected chi connectivity index (χ4v) is 2.62. The lowest BCUT2D eigenvalue weighted by molar-refractivity contribution is -0.146. The third-order valence-electron chi connectivity index (χ3n) is 3.36. The number of para-hydroxylation sites is 1. The van der Waals surface area contributed by atoms with Gasteiger partial charge in [0.05, 0.1) is 6.61 Å². The number of esters is 1. The van der Waals surface area contributed by atoms with Crippen molar-refractivity contribution in [3.63, 3.8) is 0 Å². The molecule has 2 N–H and O–H groups in total. The normalized spacial score (nSPS) is 18.6. The zero-order chi connectivity index (χ0) is 12.5. The lowest BCUT2D eigenvalue weighted by Crippen LogP contribution is -2.35. The number of rotatable bonds is 2. The smallest absolute Gasteiger partial charge is 0.327 e. The molecular weight excluding hydrogens is 228 g/mol. The maximum Gasteiger partial charge on any atom is 0.327 e. The summed E-state index contributed by atoms with van der Waals surface area (Å²) in [5.74, 6) is -0.191. The highest BCUT2D eigenvalue weighted by molar-refractivity contribution is 5.91. The van der Waals surface area contributed by atoms with E-state index in [4.69, 9.17) is 4.74 Å². The van der Waals surface area contributed by atoms with Crippen LogP contribution in [0.4, 0.5) is 0 Å². The Morgan fingerprint density at radius 3 is 3.11 bits per heavy atom. The average molecular weight is 244 g/mol. The molecule has 18 heavy (non-hydrogen) atoms. The van der Waals surface area contributed by atoms with Crippen LogP contribution in [0.5, 0.6) is 0 Å². The van der Waals surface area contributed by atoms with E-state index in [-0.39, 0.29) is 12.0 Å². The number of nitrogens with one attached hydrogen (secondary N) is 2. The van der Waals surface area contributed by atoms with Gasteiger partial charge in [-0.15, -0.1) is 0 Å². The van der Waals surface area contributed by atoms with Gasteiger partial charge in [0.2, 0.25) is 0 Å². The Labute approximate surface area is 105 Å². The number of ether oxygens (including phenoxy) is 1. The number of carbonyl (C=O) groups is 1. The van der Waals surface area contributed by atoms with Gasteiger partial charge >= 0.3 is 5.97 Å². The SMILES string of the molecule is CCOC(=O)C1NCCc2[nH]c3ccccc3c21. The summed E-state index contributed by atoms with van der Waals surface area (Å²) in [4.78, 5) is 15.4. The van der Waals surface area contributed by atoms with Gasteiger partial charge in [-0.25, -0.2) is 4.79 Å². The number of hydrogen-bond donors (Lipinski definition) is 2. The van der Waals surface area contributed by atoms with Crippen molar-refractivity contribution < 1.29 is 9.53 Å². The number of aromatic amines is 1. The molecule has 0 spiro atoms. The molecule has 1 aromatic carbocycles. The van der Waals surface area contributed by atoms with E-state index < -0.39 is 0 Å². The van der Waals surface area contributed by atoms with E-state index >= 15 is 0 Å². The summed E-state index contributed by atoms with van der Waals surface area (Å²) in [6.07, 6.45) is 0.917. The molecule has 1 aliphatic heterocycles. The van der Waals surface area contributed by atoms with Gasteiger partial charge < -0.3 is 15.0 Å². The second-order valence-electron chi connectivity index (χ2n) is 4.45. The van der Waals surface area contributed by atoms with Gasteiger partial charge in [-0.05, 0) is 13.0 Å². The third kappa shape index (κ3) is 1.69. The molecule has 0 fully saturated rings. The summed E-state index contributed by atoms with van der Waals surface area (Å²) in [6, 6.07) is 7.73. The summed E-state index contributed by atoms with van der Waals surface area (Å²) in [5.41, 5.74) is 3.28. The van der Waals surface area contributed by atoms with E-state index in [1.807, 2.05) is 31.2 Å². The van der Waals surface area contributed by atoms with Gasteiger partial charge in [-0.3, -0.25) is 0 Å². The quantitative estimate of drug-likeness (QED) is 0.793. The Kier molecular flexibility index (Phi) is 2.80. The molecule has 0 amide bonds. The van der Waals surface area contributed by atoms with Crippen molar-refractivity contribution in [2.75, 3.05) is 13.2 Å². The van der Waals surface area contributed by atoms with Crippen LogP contribution in [0.3, 0.4) is 0 Å². The van der Waals surface area contributed by atoms with E-state index in [9.17, 15) is 4.79 Å². The number of aromatic nitrogens is 1. The number of benzene rings is 1. The first-order valence-electron chi connectivity index (χ1n) is 6.30. The number of H-pyrrole nitrogens is 1. The Balaban J connectivity index is 2.11. The molecule has 1 aliphatic rings. The molecule has 1 aromatic heterocycles. The van der Waals surface area contributed by atoms with Gasteiger partial charge in [0, 0.05) is 35.1 Å². The van der Waals surface area contributed by atoms with Crippen molar-refractivity contribution in [3.05, 3.63) is 35.5 Å². The van der Waals surface area contributed by atoms with Gasteiger partial charge in [0.1, 0.15) is 6.04 Å². The molecule has 94 valence electrons. The van der Waals surface area contributed by atoms with Crippen LogP contribution in [0.15, 0.2) is 24.3 Å². The number of hydrogen-bond acceptors (Lipinski definition) is 3. The van der Waals surface area contributed by atoms with Gasteiger partial charge in [-0.2, -0.15) is 0 Å². The summed E-state index contributed by atoms with van der Waals surface area (Å²) < 4.78 is 5.14. The summed E-state index contributed by atoms with van der Waals surface area (Å²) in [5, 5.41) is 4.35. The second-order valence-corrected chi connectivity index (χ2v) is 4.45. The highest BCUT2D eigenvalue weighted by atomic mass is 16.5. The Morgan fingerprint density at radius 2 is 2.28 bits per heavy atom. The predicted molar refractivity (Wildman–Crippen MR) is 69.4 cm³/mol. The van der Waals surface area contributed by atoms with Gasteiger partial charge in [0.25, 0.3) is 0 Å². The minimum atomic E-state index is -0.343. The van der Waals surface area contributed by atoms with Crippen LogP contribution in [0.2, 0.25) is 0 Å². The van der Waals surface area contributed by atoms with E-state index in [1.165, 1.54) is 0 Å². The lowest BCUT2D eigenvalue weighted by Gasteiger charge is -2.22. The molecule has 4 nitrogen and oxygen atoms in total. The van der Waals surface area contributed by atoms with Crippen molar-refractivity contribution in [3.8, 4) is 0 Å². The average Bonchev–Trinajstić information content (AvgIpc) is 2.77. The molecule has 0 bridgehead atoms. The van der Waals surface area contributed by atoms with Crippen LogP contribution >= 0.6 is 0 Å². The first-order chi connectivity index (χ1) is 8.81. The molecular formula is C14H16N2O2. The molecule has 0 saturated heterocycles.